The van der Waals surface area contributed by atoms with E-state index in [1.807, 2.05) is 56.3 Å². The third-order valence-corrected chi connectivity index (χ3v) is 3.74. The second kappa shape index (κ2) is 6.75. The van der Waals surface area contributed by atoms with E-state index >= 15 is 0 Å². The van der Waals surface area contributed by atoms with Crippen LogP contribution in [0, 0.1) is 0 Å². The first-order valence-electron chi connectivity index (χ1n) is 7.64. The summed E-state index contributed by atoms with van der Waals surface area (Å²) in [5.74, 6) is 2.09. The van der Waals surface area contributed by atoms with Crippen LogP contribution in [0.1, 0.15) is 31.1 Å². The summed E-state index contributed by atoms with van der Waals surface area (Å²) in [6.07, 6.45) is 2.87. The van der Waals surface area contributed by atoms with Crippen LogP contribution in [0.2, 0.25) is 0 Å². The topological polar surface area (TPSA) is 47.9 Å². The van der Waals surface area contributed by atoms with Gasteiger partial charge in [0.15, 0.2) is 11.5 Å². The van der Waals surface area contributed by atoms with Crippen LogP contribution >= 0.6 is 0 Å². The van der Waals surface area contributed by atoms with Crippen molar-refractivity contribution in [3.05, 3.63) is 59.7 Å². The normalized spacial score (nSPS) is 15.6. The fourth-order valence-electron chi connectivity index (χ4n) is 2.50. The summed E-state index contributed by atoms with van der Waals surface area (Å²) in [6.45, 7) is 4.04. The summed E-state index contributed by atoms with van der Waals surface area (Å²) in [7, 11) is 0. The number of aliphatic hydroxyl groups is 1. The van der Waals surface area contributed by atoms with Crippen molar-refractivity contribution in [1.82, 2.24) is 0 Å². The lowest BCUT2D eigenvalue weighted by Gasteiger charge is -2.21. The predicted octanol–water partition coefficient (Wildman–Crippen LogP) is 3.95. The molecule has 0 bridgehead atoms. The third kappa shape index (κ3) is 3.48. The first kappa shape index (κ1) is 15.4. The lowest BCUT2D eigenvalue weighted by Crippen LogP contribution is -2.21. The highest BCUT2D eigenvalue weighted by Gasteiger charge is 2.21. The van der Waals surface area contributed by atoms with Crippen LogP contribution in [0.25, 0.3) is 6.08 Å². The molecule has 1 N–H and O–H groups in total. The van der Waals surface area contributed by atoms with Gasteiger partial charge in [0.1, 0.15) is 18.0 Å². The molecule has 0 unspecified atom stereocenters. The van der Waals surface area contributed by atoms with Gasteiger partial charge in [-0.05, 0) is 49.2 Å². The smallest absolute Gasteiger partial charge is 0.231 e. The van der Waals surface area contributed by atoms with Gasteiger partial charge < -0.3 is 19.3 Å². The van der Waals surface area contributed by atoms with Crippen LogP contribution < -0.4 is 14.2 Å². The number of rotatable bonds is 5. The summed E-state index contributed by atoms with van der Waals surface area (Å²) >= 11 is 0. The minimum absolute atomic E-state index is 0.222. The van der Waals surface area contributed by atoms with E-state index in [1.54, 1.807) is 12.1 Å². The summed E-state index contributed by atoms with van der Waals surface area (Å²) in [6, 6.07) is 13.2. The molecule has 0 saturated carbocycles. The highest BCUT2D eigenvalue weighted by molar-refractivity contribution is 5.50. The molecule has 2 aromatic carbocycles. The second-order valence-corrected chi connectivity index (χ2v) is 5.45. The fourth-order valence-corrected chi connectivity index (χ4v) is 2.50. The zero-order valence-corrected chi connectivity index (χ0v) is 13.2. The Morgan fingerprint density at radius 2 is 1.83 bits per heavy atom. The van der Waals surface area contributed by atoms with E-state index in [-0.39, 0.29) is 12.9 Å². The SMILES string of the molecule is C/C=C/c1ccc(O[C@@H](C)[C@H](O)c2ccc3c(c2)OCO3)cc1. The molecule has 120 valence electrons. The van der Waals surface area contributed by atoms with Gasteiger partial charge in [0.2, 0.25) is 6.79 Å². The molecule has 0 saturated heterocycles. The Bertz CT molecular complexity index is 691. The largest absolute Gasteiger partial charge is 0.488 e. The molecule has 1 aliphatic heterocycles. The van der Waals surface area contributed by atoms with Crippen LogP contribution in [0.5, 0.6) is 17.2 Å². The van der Waals surface area contributed by atoms with Crippen molar-refractivity contribution in [3.8, 4) is 17.2 Å². The van der Waals surface area contributed by atoms with Gasteiger partial charge in [0.25, 0.3) is 0 Å². The summed E-state index contributed by atoms with van der Waals surface area (Å²) in [4.78, 5) is 0. The van der Waals surface area contributed by atoms with Gasteiger partial charge in [0, 0.05) is 0 Å². The molecule has 0 spiro atoms. The van der Waals surface area contributed by atoms with Crippen LogP contribution in [0.4, 0.5) is 0 Å². The van der Waals surface area contributed by atoms with E-state index in [0.29, 0.717) is 11.5 Å². The fraction of sp³-hybridized carbons (Fsp3) is 0.263. The van der Waals surface area contributed by atoms with Crippen LogP contribution in [0.15, 0.2) is 48.5 Å². The molecule has 0 radical (unpaired) electrons. The molecule has 3 rings (SSSR count). The Kier molecular flexibility index (Phi) is 4.53. The molecular formula is C19H20O4. The van der Waals surface area contributed by atoms with Gasteiger partial charge in [-0.25, -0.2) is 0 Å². The Morgan fingerprint density at radius 1 is 1.09 bits per heavy atom. The Morgan fingerprint density at radius 3 is 2.57 bits per heavy atom. The van der Waals surface area contributed by atoms with E-state index in [1.165, 1.54) is 0 Å². The summed E-state index contributed by atoms with van der Waals surface area (Å²) in [5, 5.41) is 10.5. The average molecular weight is 312 g/mol. The lowest BCUT2D eigenvalue weighted by molar-refractivity contribution is 0.0466. The van der Waals surface area contributed by atoms with Gasteiger partial charge in [0.05, 0.1) is 0 Å². The minimum Gasteiger partial charge on any atom is -0.488 e. The number of allylic oxidation sites excluding steroid dienone is 1. The molecule has 1 heterocycles. The van der Waals surface area contributed by atoms with Crippen LogP contribution in [-0.2, 0) is 0 Å². The summed E-state index contributed by atoms with van der Waals surface area (Å²) < 4.78 is 16.5. The molecule has 23 heavy (non-hydrogen) atoms. The Labute approximate surface area is 135 Å². The highest BCUT2D eigenvalue weighted by Crippen LogP contribution is 2.35. The van der Waals surface area contributed by atoms with E-state index in [0.717, 1.165) is 16.9 Å². The lowest BCUT2D eigenvalue weighted by atomic mass is 10.0. The number of fused-ring (bicyclic) bond motifs is 1. The van der Waals surface area contributed by atoms with Crippen molar-refractivity contribution in [2.24, 2.45) is 0 Å². The Hall–Kier alpha value is -2.46. The average Bonchev–Trinajstić information content (AvgIpc) is 3.03. The maximum absolute atomic E-state index is 10.5. The monoisotopic (exact) mass is 312 g/mol. The predicted molar refractivity (Wildman–Crippen MR) is 88.8 cm³/mol. The molecule has 2 aromatic rings. The van der Waals surface area contributed by atoms with Crippen molar-refractivity contribution < 1.29 is 19.3 Å². The Balaban J connectivity index is 1.68. The molecule has 1 aliphatic rings. The number of aliphatic hydroxyl groups excluding tert-OH is 1. The maximum atomic E-state index is 10.5. The second-order valence-electron chi connectivity index (χ2n) is 5.45. The quantitative estimate of drug-likeness (QED) is 0.908. The number of hydrogen-bond acceptors (Lipinski definition) is 4. The molecule has 4 heteroatoms. The zero-order valence-electron chi connectivity index (χ0n) is 13.2. The number of hydrogen-bond donors (Lipinski definition) is 1. The molecule has 4 nitrogen and oxygen atoms in total. The molecule has 0 aliphatic carbocycles. The number of ether oxygens (including phenoxy) is 3. The van der Waals surface area contributed by atoms with Gasteiger partial charge in [-0.3, -0.25) is 0 Å². The summed E-state index contributed by atoms with van der Waals surface area (Å²) in [5.41, 5.74) is 1.86. The van der Waals surface area contributed by atoms with Crippen molar-refractivity contribution >= 4 is 6.08 Å². The molecule has 2 atom stereocenters. The zero-order chi connectivity index (χ0) is 16.2. The van der Waals surface area contributed by atoms with Crippen molar-refractivity contribution in [3.63, 3.8) is 0 Å². The molecule has 0 fully saturated rings. The van der Waals surface area contributed by atoms with E-state index in [9.17, 15) is 5.11 Å². The van der Waals surface area contributed by atoms with Crippen LogP contribution in [0.3, 0.4) is 0 Å². The van der Waals surface area contributed by atoms with Gasteiger partial charge in [-0.15, -0.1) is 0 Å². The standard InChI is InChI=1S/C19H20O4/c1-3-4-14-5-8-16(9-6-14)23-13(2)19(20)15-7-10-17-18(11-15)22-12-21-17/h3-11,13,19-20H,12H2,1-2H3/b4-3+/t13-,19-/m0/s1. The van der Waals surface area contributed by atoms with Crippen LogP contribution in [-0.4, -0.2) is 18.0 Å². The third-order valence-electron chi connectivity index (χ3n) is 3.74. The highest BCUT2D eigenvalue weighted by atomic mass is 16.7. The van der Waals surface area contributed by atoms with Crippen molar-refractivity contribution in [1.29, 1.82) is 0 Å². The number of benzene rings is 2. The van der Waals surface area contributed by atoms with Gasteiger partial charge >= 0.3 is 0 Å². The van der Waals surface area contributed by atoms with E-state index in [4.69, 9.17) is 14.2 Å². The first-order valence-corrected chi connectivity index (χ1v) is 7.64. The first-order chi connectivity index (χ1) is 11.2. The minimum atomic E-state index is -0.750. The van der Waals surface area contributed by atoms with Crippen molar-refractivity contribution in [2.75, 3.05) is 6.79 Å². The van der Waals surface area contributed by atoms with Crippen molar-refractivity contribution in [2.45, 2.75) is 26.1 Å². The molecule has 0 amide bonds. The van der Waals surface area contributed by atoms with E-state index in [2.05, 4.69) is 0 Å². The molecule has 0 aromatic heterocycles. The molecular weight excluding hydrogens is 292 g/mol. The van der Waals surface area contributed by atoms with E-state index < -0.39 is 6.10 Å². The van der Waals surface area contributed by atoms with Gasteiger partial charge in [-0.1, -0.05) is 30.4 Å². The van der Waals surface area contributed by atoms with Gasteiger partial charge in [-0.2, -0.15) is 0 Å². The maximum Gasteiger partial charge on any atom is 0.231 e.